The van der Waals surface area contributed by atoms with Crippen molar-refractivity contribution in [1.82, 2.24) is 0 Å². The average molecular weight is 274 g/mol. The minimum absolute atomic E-state index is 0.0666. The van der Waals surface area contributed by atoms with Crippen LogP contribution in [0.4, 0.5) is 0 Å². The Labute approximate surface area is 118 Å². The van der Waals surface area contributed by atoms with E-state index in [4.69, 9.17) is 9.47 Å². The predicted octanol–water partition coefficient (Wildman–Crippen LogP) is 2.48. The fraction of sp³-hybridized carbons (Fsp3) is 0.375. The van der Waals surface area contributed by atoms with E-state index in [-0.39, 0.29) is 30.0 Å². The Kier molecular flexibility index (Phi) is 4.23. The van der Waals surface area contributed by atoms with E-state index < -0.39 is 0 Å². The summed E-state index contributed by atoms with van der Waals surface area (Å²) >= 11 is 0. The SMILES string of the molecule is CC1(C)C(C=CC(=O)OCc2ccccc2)C1OC=O. The van der Waals surface area contributed by atoms with Crippen LogP contribution >= 0.6 is 0 Å². The molecule has 1 aliphatic carbocycles. The maximum Gasteiger partial charge on any atom is 0.330 e. The Morgan fingerprint density at radius 3 is 2.65 bits per heavy atom. The quantitative estimate of drug-likeness (QED) is 0.454. The molecule has 1 aliphatic rings. The van der Waals surface area contributed by atoms with Crippen LogP contribution in [0.5, 0.6) is 0 Å². The molecule has 1 aromatic rings. The lowest BCUT2D eigenvalue weighted by molar-refractivity contribution is -0.139. The zero-order chi connectivity index (χ0) is 14.6. The van der Waals surface area contributed by atoms with Gasteiger partial charge in [-0.1, -0.05) is 50.3 Å². The number of rotatable bonds is 6. The number of carbonyl (C=O) groups is 2. The second kappa shape index (κ2) is 5.90. The van der Waals surface area contributed by atoms with Gasteiger partial charge in [-0.05, 0) is 5.56 Å². The average Bonchev–Trinajstić information content (AvgIpc) is 2.96. The van der Waals surface area contributed by atoms with Crippen molar-refractivity contribution in [2.45, 2.75) is 26.6 Å². The highest BCUT2D eigenvalue weighted by atomic mass is 16.5. The third kappa shape index (κ3) is 3.26. The number of carbonyl (C=O) groups excluding carboxylic acids is 2. The van der Waals surface area contributed by atoms with Gasteiger partial charge in [0.25, 0.3) is 6.47 Å². The molecule has 2 unspecified atom stereocenters. The highest BCUT2D eigenvalue weighted by Crippen LogP contribution is 2.54. The summed E-state index contributed by atoms with van der Waals surface area (Å²) in [4.78, 5) is 22.0. The van der Waals surface area contributed by atoms with E-state index >= 15 is 0 Å². The van der Waals surface area contributed by atoms with Crippen LogP contribution in [-0.4, -0.2) is 18.5 Å². The van der Waals surface area contributed by atoms with Crippen molar-refractivity contribution in [2.24, 2.45) is 11.3 Å². The molecular formula is C16H18O4. The van der Waals surface area contributed by atoms with Crippen molar-refractivity contribution in [3.63, 3.8) is 0 Å². The Bertz CT molecular complexity index is 504. The molecule has 0 radical (unpaired) electrons. The molecule has 4 nitrogen and oxygen atoms in total. The number of esters is 1. The van der Waals surface area contributed by atoms with Crippen LogP contribution < -0.4 is 0 Å². The lowest BCUT2D eigenvalue weighted by Gasteiger charge is -2.01. The summed E-state index contributed by atoms with van der Waals surface area (Å²) in [7, 11) is 0. The van der Waals surface area contributed by atoms with Gasteiger partial charge in [0.15, 0.2) is 0 Å². The number of benzene rings is 1. The molecule has 0 N–H and O–H groups in total. The van der Waals surface area contributed by atoms with E-state index in [0.29, 0.717) is 6.47 Å². The molecule has 4 heteroatoms. The zero-order valence-electron chi connectivity index (χ0n) is 11.6. The van der Waals surface area contributed by atoms with Crippen LogP contribution in [0.15, 0.2) is 42.5 Å². The van der Waals surface area contributed by atoms with Gasteiger partial charge in [-0.25, -0.2) is 4.79 Å². The number of hydrogen-bond acceptors (Lipinski definition) is 4. The fourth-order valence-corrected chi connectivity index (χ4v) is 2.26. The standard InChI is InChI=1S/C16H18O4/c1-16(2)13(15(16)20-11-17)8-9-14(18)19-10-12-6-4-3-5-7-12/h3-9,11,13,15H,10H2,1-2H3. The van der Waals surface area contributed by atoms with Gasteiger partial charge in [0.2, 0.25) is 0 Å². The summed E-state index contributed by atoms with van der Waals surface area (Å²) in [6.07, 6.45) is 3.00. The van der Waals surface area contributed by atoms with E-state index in [9.17, 15) is 9.59 Å². The second-order valence-electron chi connectivity index (χ2n) is 5.45. The predicted molar refractivity (Wildman–Crippen MR) is 73.6 cm³/mol. The van der Waals surface area contributed by atoms with Gasteiger partial charge >= 0.3 is 5.97 Å². The fourth-order valence-electron chi connectivity index (χ4n) is 2.26. The molecule has 0 saturated heterocycles. The molecule has 0 amide bonds. The van der Waals surface area contributed by atoms with Crippen molar-refractivity contribution in [2.75, 3.05) is 0 Å². The molecule has 0 heterocycles. The smallest absolute Gasteiger partial charge is 0.330 e. The monoisotopic (exact) mass is 274 g/mol. The number of hydrogen-bond donors (Lipinski definition) is 0. The summed E-state index contributed by atoms with van der Waals surface area (Å²) in [5.41, 5.74) is 0.833. The topological polar surface area (TPSA) is 52.6 Å². The van der Waals surface area contributed by atoms with Gasteiger partial charge in [-0.2, -0.15) is 0 Å². The summed E-state index contributed by atoms with van der Waals surface area (Å²) in [5, 5.41) is 0. The Morgan fingerprint density at radius 1 is 1.30 bits per heavy atom. The van der Waals surface area contributed by atoms with Crippen molar-refractivity contribution < 1.29 is 19.1 Å². The lowest BCUT2D eigenvalue weighted by Crippen LogP contribution is -2.01. The van der Waals surface area contributed by atoms with Crippen molar-refractivity contribution in [1.29, 1.82) is 0 Å². The minimum atomic E-state index is -0.388. The van der Waals surface area contributed by atoms with Gasteiger partial charge in [-0.3, -0.25) is 4.79 Å². The van der Waals surface area contributed by atoms with Gasteiger partial charge in [-0.15, -0.1) is 0 Å². The summed E-state index contributed by atoms with van der Waals surface area (Å²) < 4.78 is 10.1. The highest BCUT2D eigenvalue weighted by molar-refractivity contribution is 5.82. The maximum absolute atomic E-state index is 11.6. The van der Waals surface area contributed by atoms with Crippen LogP contribution in [0, 0.1) is 11.3 Å². The summed E-state index contributed by atoms with van der Waals surface area (Å²) in [5.74, 6) is -0.321. The largest absolute Gasteiger partial charge is 0.463 e. The summed E-state index contributed by atoms with van der Waals surface area (Å²) in [6.45, 7) is 4.69. The van der Waals surface area contributed by atoms with E-state index in [0.717, 1.165) is 5.56 Å². The Hall–Kier alpha value is -2.10. The molecule has 1 fully saturated rings. The lowest BCUT2D eigenvalue weighted by atomic mass is 10.1. The van der Waals surface area contributed by atoms with E-state index in [2.05, 4.69) is 0 Å². The molecule has 0 aliphatic heterocycles. The molecular weight excluding hydrogens is 256 g/mol. The summed E-state index contributed by atoms with van der Waals surface area (Å²) in [6, 6.07) is 9.50. The third-order valence-corrected chi connectivity index (χ3v) is 3.68. The Balaban J connectivity index is 1.80. The first-order valence-electron chi connectivity index (χ1n) is 6.53. The van der Waals surface area contributed by atoms with E-state index in [1.54, 1.807) is 6.08 Å². The Morgan fingerprint density at radius 2 is 2.00 bits per heavy atom. The molecule has 0 spiro atoms. The zero-order valence-corrected chi connectivity index (χ0v) is 11.6. The molecule has 1 aromatic carbocycles. The van der Waals surface area contributed by atoms with Crippen molar-refractivity contribution in [3.05, 3.63) is 48.0 Å². The number of ether oxygens (including phenoxy) is 2. The molecule has 106 valence electrons. The molecule has 20 heavy (non-hydrogen) atoms. The van der Waals surface area contributed by atoms with E-state index in [1.807, 2.05) is 44.2 Å². The first-order valence-corrected chi connectivity index (χ1v) is 6.53. The first kappa shape index (κ1) is 14.3. The maximum atomic E-state index is 11.6. The molecule has 1 saturated carbocycles. The third-order valence-electron chi connectivity index (χ3n) is 3.68. The van der Waals surface area contributed by atoms with Gasteiger partial charge in [0.05, 0.1) is 0 Å². The second-order valence-corrected chi connectivity index (χ2v) is 5.45. The van der Waals surface area contributed by atoms with E-state index in [1.165, 1.54) is 6.08 Å². The van der Waals surface area contributed by atoms with Crippen LogP contribution in [0.3, 0.4) is 0 Å². The van der Waals surface area contributed by atoms with Gasteiger partial charge < -0.3 is 9.47 Å². The normalized spacial score (nSPS) is 23.3. The molecule has 0 aromatic heterocycles. The highest BCUT2D eigenvalue weighted by Gasteiger charge is 2.58. The molecule has 2 atom stereocenters. The van der Waals surface area contributed by atoms with Crippen LogP contribution in [0.25, 0.3) is 0 Å². The first-order chi connectivity index (χ1) is 9.55. The molecule has 2 rings (SSSR count). The minimum Gasteiger partial charge on any atom is -0.463 e. The van der Waals surface area contributed by atoms with Gasteiger partial charge in [0.1, 0.15) is 12.7 Å². The van der Waals surface area contributed by atoms with Crippen molar-refractivity contribution >= 4 is 12.4 Å². The van der Waals surface area contributed by atoms with Gasteiger partial charge in [0, 0.05) is 17.4 Å². The van der Waals surface area contributed by atoms with Crippen LogP contribution in [0.1, 0.15) is 19.4 Å². The van der Waals surface area contributed by atoms with Crippen LogP contribution in [0.2, 0.25) is 0 Å². The molecule has 0 bridgehead atoms. The van der Waals surface area contributed by atoms with Crippen LogP contribution in [-0.2, 0) is 25.7 Å². The van der Waals surface area contributed by atoms with Crippen molar-refractivity contribution in [3.8, 4) is 0 Å².